The molecule has 1 aromatic rings. The average Bonchev–Trinajstić information content (AvgIpc) is 2.25. The molecule has 16 heavy (non-hydrogen) atoms. The lowest BCUT2D eigenvalue weighted by Gasteiger charge is -1.99. The molecule has 0 atom stereocenters. The molecule has 4 heteroatoms. The van der Waals surface area contributed by atoms with Gasteiger partial charge in [0.2, 0.25) is 0 Å². The van der Waals surface area contributed by atoms with Crippen molar-refractivity contribution in [1.29, 1.82) is 0 Å². The van der Waals surface area contributed by atoms with E-state index < -0.39 is 12.2 Å². The van der Waals surface area contributed by atoms with Gasteiger partial charge in [-0.25, -0.2) is 0 Å². The molecule has 0 unspecified atom stereocenters. The van der Waals surface area contributed by atoms with Crippen LogP contribution >= 0.6 is 0 Å². The molecule has 0 heterocycles. The van der Waals surface area contributed by atoms with E-state index in [1.54, 1.807) is 24.3 Å². The van der Waals surface area contributed by atoms with Crippen LogP contribution in [0.2, 0.25) is 0 Å². The second kappa shape index (κ2) is 6.10. The van der Waals surface area contributed by atoms with Crippen molar-refractivity contribution in [3.63, 3.8) is 0 Å². The maximum atomic E-state index is 11.8. The summed E-state index contributed by atoms with van der Waals surface area (Å²) in [5.74, 6) is 0. The van der Waals surface area contributed by atoms with Crippen LogP contribution in [0.3, 0.4) is 0 Å². The lowest BCUT2D eigenvalue weighted by Crippen LogP contribution is -1.85. The average molecular weight is 230 g/mol. The Labute approximate surface area is 90.9 Å². The van der Waals surface area contributed by atoms with Gasteiger partial charge in [-0.1, -0.05) is 24.3 Å². The molecular weight excluding hydrogens is 220 g/mol. The predicted molar refractivity (Wildman–Crippen MR) is 54.4 cm³/mol. The van der Waals surface area contributed by atoms with Crippen molar-refractivity contribution in [2.45, 2.75) is 12.8 Å². The lowest BCUT2D eigenvalue weighted by molar-refractivity contribution is 0.417. The van der Waals surface area contributed by atoms with Gasteiger partial charge in [0.05, 0.1) is 0 Å². The number of rotatable bonds is 4. The van der Waals surface area contributed by atoms with Crippen LogP contribution in [0.1, 0.15) is 11.1 Å². The summed E-state index contributed by atoms with van der Waals surface area (Å²) in [7, 11) is 0. The van der Waals surface area contributed by atoms with E-state index in [1.165, 1.54) is 0 Å². The SMILES string of the molecule is FC(F)=CCc1ccc(CC=C(F)F)cc1. The zero-order chi connectivity index (χ0) is 12.0. The topological polar surface area (TPSA) is 0 Å². The Morgan fingerprint density at radius 2 is 1.06 bits per heavy atom. The first kappa shape index (κ1) is 12.5. The van der Waals surface area contributed by atoms with Crippen LogP contribution in [0.5, 0.6) is 0 Å². The summed E-state index contributed by atoms with van der Waals surface area (Å²) in [6, 6.07) is 6.61. The van der Waals surface area contributed by atoms with Gasteiger partial charge in [0.25, 0.3) is 12.2 Å². The van der Waals surface area contributed by atoms with Gasteiger partial charge in [-0.3, -0.25) is 0 Å². The summed E-state index contributed by atoms with van der Waals surface area (Å²) in [6.45, 7) is 0. The summed E-state index contributed by atoms with van der Waals surface area (Å²) in [5.41, 5.74) is 1.45. The predicted octanol–water partition coefficient (Wildman–Crippen LogP) is 4.33. The molecule has 86 valence electrons. The monoisotopic (exact) mass is 230 g/mol. The van der Waals surface area contributed by atoms with Crippen molar-refractivity contribution < 1.29 is 17.6 Å². The number of hydrogen-bond donors (Lipinski definition) is 0. The molecule has 0 aromatic heterocycles. The van der Waals surface area contributed by atoms with Crippen LogP contribution < -0.4 is 0 Å². The van der Waals surface area contributed by atoms with Crippen LogP contribution in [0.15, 0.2) is 48.6 Å². The maximum absolute atomic E-state index is 11.8. The minimum atomic E-state index is -1.72. The van der Waals surface area contributed by atoms with E-state index in [9.17, 15) is 17.6 Å². The molecule has 0 saturated carbocycles. The second-order valence-electron chi connectivity index (χ2n) is 3.21. The fourth-order valence-electron chi connectivity index (χ4n) is 1.20. The van der Waals surface area contributed by atoms with Crippen molar-refractivity contribution in [3.05, 3.63) is 59.7 Å². The van der Waals surface area contributed by atoms with Gasteiger partial charge in [-0.15, -0.1) is 0 Å². The van der Waals surface area contributed by atoms with Crippen LogP contribution in [-0.4, -0.2) is 0 Å². The van der Waals surface area contributed by atoms with Crippen LogP contribution in [-0.2, 0) is 12.8 Å². The van der Waals surface area contributed by atoms with Gasteiger partial charge < -0.3 is 0 Å². The molecule has 0 bridgehead atoms. The molecule has 0 amide bonds. The zero-order valence-electron chi connectivity index (χ0n) is 8.39. The number of allylic oxidation sites excluding steroid dienone is 2. The summed E-state index contributed by atoms with van der Waals surface area (Å²) in [5, 5.41) is 0. The Kier molecular flexibility index (Phi) is 4.76. The minimum absolute atomic E-state index is 0.149. The van der Waals surface area contributed by atoms with Crippen molar-refractivity contribution in [3.8, 4) is 0 Å². The molecule has 0 spiro atoms. The first-order valence-corrected chi connectivity index (χ1v) is 4.68. The van der Waals surface area contributed by atoms with Gasteiger partial charge >= 0.3 is 0 Å². The van der Waals surface area contributed by atoms with E-state index >= 15 is 0 Å². The Hall–Kier alpha value is -1.58. The van der Waals surface area contributed by atoms with Gasteiger partial charge in [-0.05, 0) is 36.1 Å². The number of halogens is 4. The fourth-order valence-corrected chi connectivity index (χ4v) is 1.20. The summed E-state index contributed by atoms with van der Waals surface area (Å²) in [4.78, 5) is 0. The molecule has 0 aliphatic rings. The van der Waals surface area contributed by atoms with Crippen LogP contribution in [0.4, 0.5) is 17.6 Å². The Morgan fingerprint density at radius 3 is 1.31 bits per heavy atom. The van der Waals surface area contributed by atoms with Crippen LogP contribution in [0, 0.1) is 0 Å². The first-order chi connectivity index (χ1) is 7.58. The highest BCUT2D eigenvalue weighted by Gasteiger charge is 1.95. The van der Waals surface area contributed by atoms with E-state index in [2.05, 4.69) is 0 Å². The van der Waals surface area contributed by atoms with Gasteiger partial charge in [-0.2, -0.15) is 17.6 Å². The van der Waals surface area contributed by atoms with E-state index in [1.807, 2.05) is 0 Å². The third-order valence-electron chi connectivity index (χ3n) is 2.01. The fraction of sp³-hybridized carbons (Fsp3) is 0.167. The molecule has 0 nitrogen and oxygen atoms in total. The molecule has 1 aromatic carbocycles. The van der Waals surface area contributed by atoms with Gasteiger partial charge in [0.15, 0.2) is 0 Å². The molecule has 1 rings (SSSR count). The van der Waals surface area contributed by atoms with Crippen molar-refractivity contribution >= 4 is 0 Å². The quantitative estimate of drug-likeness (QED) is 0.675. The summed E-state index contributed by atoms with van der Waals surface area (Å²) in [6.07, 6.45) is -1.50. The molecule has 0 saturated heterocycles. The largest absolute Gasteiger partial charge is 0.266 e. The maximum Gasteiger partial charge on any atom is 0.266 e. The Balaban J connectivity index is 2.61. The highest BCUT2D eigenvalue weighted by atomic mass is 19.3. The van der Waals surface area contributed by atoms with Gasteiger partial charge in [0.1, 0.15) is 0 Å². The normalized spacial score (nSPS) is 9.75. The zero-order valence-corrected chi connectivity index (χ0v) is 8.39. The standard InChI is InChI=1S/C12H10F4/c13-11(14)7-5-9-1-2-10(4-3-9)6-8-12(15)16/h1-4,7-8H,5-6H2. The van der Waals surface area contributed by atoms with E-state index in [0.717, 1.165) is 23.3 Å². The Bertz CT molecular complexity index is 343. The molecule has 0 aliphatic carbocycles. The van der Waals surface area contributed by atoms with Crippen LogP contribution in [0.25, 0.3) is 0 Å². The number of hydrogen-bond acceptors (Lipinski definition) is 0. The molecule has 0 aliphatic heterocycles. The van der Waals surface area contributed by atoms with Crippen molar-refractivity contribution in [1.82, 2.24) is 0 Å². The number of benzene rings is 1. The lowest BCUT2D eigenvalue weighted by atomic mass is 10.1. The first-order valence-electron chi connectivity index (χ1n) is 4.68. The van der Waals surface area contributed by atoms with Crippen molar-refractivity contribution in [2.24, 2.45) is 0 Å². The smallest absolute Gasteiger partial charge is 0.174 e. The minimum Gasteiger partial charge on any atom is -0.174 e. The van der Waals surface area contributed by atoms with Crippen molar-refractivity contribution in [2.75, 3.05) is 0 Å². The Morgan fingerprint density at radius 1 is 0.750 bits per heavy atom. The third-order valence-corrected chi connectivity index (χ3v) is 2.01. The molecular formula is C12H10F4. The van der Waals surface area contributed by atoms with Gasteiger partial charge in [0, 0.05) is 0 Å². The van der Waals surface area contributed by atoms with E-state index in [-0.39, 0.29) is 12.8 Å². The van der Waals surface area contributed by atoms with E-state index in [0.29, 0.717) is 0 Å². The second-order valence-corrected chi connectivity index (χ2v) is 3.21. The highest BCUT2D eigenvalue weighted by molar-refractivity contribution is 5.25. The molecule has 0 radical (unpaired) electrons. The third kappa shape index (κ3) is 4.77. The molecule has 0 N–H and O–H groups in total. The summed E-state index contributed by atoms with van der Waals surface area (Å²) < 4.78 is 47.1. The highest BCUT2D eigenvalue weighted by Crippen LogP contribution is 2.10. The van der Waals surface area contributed by atoms with E-state index in [4.69, 9.17) is 0 Å². The molecule has 0 fully saturated rings. The summed E-state index contributed by atoms with van der Waals surface area (Å²) >= 11 is 0.